The molecule has 3 fully saturated rings. The molecule has 4 amide bonds. The van der Waals surface area contributed by atoms with Crippen molar-refractivity contribution in [3.05, 3.63) is 29.3 Å². The van der Waals surface area contributed by atoms with Crippen molar-refractivity contribution in [1.82, 2.24) is 15.5 Å². The van der Waals surface area contributed by atoms with E-state index < -0.39 is 23.8 Å². The van der Waals surface area contributed by atoms with Crippen LogP contribution in [0, 0.1) is 5.92 Å². The number of hydrogen-bond donors (Lipinski definition) is 3. The molecule has 2 saturated heterocycles. The normalized spacial score (nSPS) is 32.1. The molecule has 1 aliphatic carbocycles. The van der Waals surface area contributed by atoms with Crippen LogP contribution in [0.4, 0.5) is 5.69 Å². The third-order valence-corrected chi connectivity index (χ3v) is 6.16. The topological polar surface area (TPSA) is 108 Å². The van der Waals surface area contributed by atoms with Gasteiger partial charge in [0.2, 0.25) is 11.8 Å². The zero-order chi connectivity index (χ0) is 18.7. The Balaban J connectivity index is 1.38. The Hall–Kier alpha value is -2.74. The van der Waals surface area contributed by atoms with Gasteiger partial charge in [0.25, 0.3) is 11.8 Å². The molecule has 1 aromatic carbocycles. The molecule has 8 nitrogen and oxygen atoms in total. The van der Waals surface area contributed by atoms with Gasteiger partial charge in [0.1, 0.15) is 6.04 Å². The first-order valence-electron chi connectivity index (χ1n) is 9.37. The minimum atomic E-state index is -0.928. The lowest BCUT2D eigenvalue weighted by Gasteiger charge is -2.27. The number of amides is 4. The van der Waals surface area contributed by atoms with Crippen LogP contribution in [-0.4, -0.2) is 53.2 Å². The summed E-state index contributed by atoms with van der Waals surface area (Å²) in [6.07, 6.45) is 2.51. The molecule has 2 bridgehead atoms. The second-order valence-corrected chi connectivity index (χ2v) is 7.80. The average Bonchev–Trinajstić information content (AvgIpc) is 3.31. The van der Waals surface area contributed by atoms with Gasteiger partial charge in [0.15, 0.2) is 0 Å². The average molecular weight is 368 g/mol. The van der Waals surface area contributed by atoms with E-state index in [-0.39, 0.29) is 18.7 Å². The SMILES string of the molecule is O=C1CCC(N2C(=O)c3ccc(NC4CC5CC4CN5)cc3C2=O)C(=O)N1. The lowest BCUT2D eigenvalue weighted by molar-refractivity contribution is -0.136. The summed E-state index contributed by atoms with van der Waals surface area (Å²) >= 11 is 0. The summed E-state index contributed by atoms with van der Waals surface area (Å²) in [5.74, 6) is -1.32. The lowest BCUT2D eigenvalue weighted by Crippen LogP contribution is -2.54. The number of nitrogens with one attached hydrogen (secondary N) is 3. The summed E-state index contributed by atoms with van der Waals surface area (Å²) < 4.78 is 0. The van der Waals surface area contributed by atoms with Crippen molar-refractivity contribution in [2.45, 2.75) is 43.8 Å². The van der Waals surface area contributed by atoms with Gasteiger partial charge < -0.3 is 10.6 Å². The molecule has 27 heavy (non-hydrogen) atoms. The van der Waals surface area contributed by atoms with Crippen LogP contribution < -0.4 is 16.0 Å². The van der Waals surface area contributed by atoms with Crippen LogP contribution in [0.2, 0.25) is 0 Å². The Morgan fingerprint density at radius 2 is 1.85 bits per heavy atom. The van der Waals surface area contributed by atoms with E-state index in [1.165, 1.54) is 6.42 Å². The first-order chi connectivity index (χ1) is 13.0. The molecule has 140 valence electrons. The standard InChI is InChI=1S/C19H20N4O4/c24-16-4-3-15(17(25)22-16)23-18(26)12-2-1-10(6-13(12)19(23)27)21-14-7-11-5-9(14)8-20-11/h1-2,6,9,11,14-15,20-21H,3-5,7-8H2,(H,22,24,25). The predicted octanol–water partition coefficient (Wildman–Crippen LogP) is 0.250. The van der Waals surface area contributed by atoms with Crippen molar-refractivity contribution < 1.29 is 19.2 Å². The molecule has 4 atom stereocenters. The zero-order valence-corrected chi connectivity index (χ0v) is 14.7. The fraction of sp³-hybridized carbons (Fsp3) is 0.474. The van der Waals surface area contributed by atoms with E-state index in [1.54, 1.807) is 12.1 Å². The Labute approximate surface area is 155 Å². The van der Waals surface area contributed by atoms with Gasteiger partial charge in [-0.2, -0.15) is 0 Å². The molecule has 0 aromatic heterocycles. The molecule has 3 N–H and O–H groups in total. The van der Waals surface area contributed by atoms with E-state index in [1.807, 2.05) is 6.07 Å². The van der Waals surface area contributed by atoms with Crippen LogP contribution in [0.15, 0.2) is 18.2 Å². The van der Waals surface area contributed by atoms with Gasteiger partial charge in [-0.25, -0.2) is 0 Å². The van der Waals surface area contributed by atoms with Crippen LogP contribution in [0.1, 0.15) is 46.4 Å². The molecule has 0 radical (unpaired) electrons. The maximum atomic E-state index is 12.9. The molecule has 3 heterocycles. The fourth-order valence-electron chi connectivity index (χ4n) is 4.79. The minimum absolute atomic E-state index is 0.120. The van der Waals surface area contributed by atoms with E-state index in [0.29, 0.717) is 29.1 Å². The van der Waals surface area contributed by atoms with Crippen molar-refractivity contribution in [3.8, 4) is 0 Å². The number of piperidine rings is 2. The predicted molar refractivity (Wildman–Crippen MR) is 95.0 cm³/mol. The number of hydrogen-bond acceptors (Lipinski definition) is 6. The number of fused-ring (bicyclic) bond motifs is 3. The maximum Gasteiger partial charge on any atom is 0.262 e. The Bertz CT molecular complexity index is 882. The second-order valence-electron chi connectivity index (χ2n) is 7.80. The quantitative estimate of drug-likeness (QED) is 0.660. The van der Waals surface area contributed by atoms with E-state index in [4.69, 9.17) is 0 Å². The largest absolute Gasteiger partial charge is 0.382 e. The van der Waals surface area contributed by atoms with Gasteiger partial charge in [-0.3, -0.25) is 29.4 Å². The van der Waals surface area contributed by atoms with Crippen LogP contribution in [-0.2, 0) is 9.59 Å². The van der Waals surface area contributed by atoms with Crippen molar-refractivity contribution >= 4 is 29.3 Å². The molecule has 4 aliphatic rings. The summed E-state index contributed by atoms with van der Waals surface area (Å²) in [5, 5.41) is 9.18. The third kappa shape index (κ3) is 2.55. The molecule has 0 spiro atoms. The summed E-state index contributed by atoms with van der Waals surface area (Å²) in [5.41, 5.74) is 1.44. The molecule has 1 saturated carbocycles. The highest BCUT2D eigenvalue weighted by Crippen LogP contribution is 2.35. The number of anilines is 1. The van der Waals surface area contributed by atoms with Gasteiger partial charge in [-0.1, -0.05) is 0 Å². The third-order valence-electron chi connectivity index (χ3n) is 6.16. The van der Waals surface area contributed by atoms with Crippen LogP contribution in [0.3, 0.4) is 0 Å². The number of carbonyl (C=O) groups excluding carboxylic acids is 4. The molecular formula is C19H20N4O4. The Morgan fingerprint density at radius 1 is 1.04 bits per heavy atom. The van der Waals surface area contributed by atoms with E-state index >= 15 is 0 Å². The first-order valence-corrected chi connectivity index (χ1v) is 9.37. The Morgan fingerprint density at radius 3 is 2.56 bits per heavy atom. The highest BCUT2D eigenvalue weighted by molar-refractivity contribution is 6.23. The van der Waals surface area contributed by atoms with Gasteiger partial charge in [0.05, 0.1) is 11.1 Å². The number of rotatable bonds is 3. The van der Waals surface area contributed by atoms with Crippen molar-refractivity contribution in [2.24, 2.45) is 5.92 Å². The zero-order valence-electron chi connectivity index (χ0n) is 14.7. The van der Waals surface area contributed by atoms with Gasteiger partial charge >= 0.3 is 0 Å². The molecular weight excluding hydrogens is 348 g/mol. The smallest absolute Gasteiger partial charge is 0.262 e. The van der Waals surface area contributed by atoms with Gasteiger partial charge in [-0.15, -0.1) is 0 Å². The summed E-state index contributed by atoms with van der Waals surface area (Å²) in [6, 6.07) is 5.18. The monoisotopic (exact) mass is 368 g/mol. The van der Waals surface area contributed by atoms with Crippen LogP contribution in [0.5, 0.6) is 0 Å². The fourth-order valence-corrected chi connectivity index (χ4v) is 4.79. The first kappa shape index (κ1) is 16.4. The molecule has 4 unspecified atom stereocenters. The summed E-state index contributed by atoms with van der Waals surface area (Å²) in [4.78, 5) is 50.0. The lowest BCUT2D eigenvalue weighted by atomic mass is 10.0. The van der Waals surface area contributed by atoms with E-state index in [2.05, 4.69) is 16.0 Å². The van der Waals surface area contributed by atoms with Crippen LogP contribution >= 0.6 is 0 Å². The molecule has 5 rings (SSSR count). The highest BCUT2D eigenvalue weighted by Gasteiger charge is 2.45. The van der Waals surface area contributed by atoms with Gasteiger partial charge in [-0.05, 0) is 43.4 Å². The van der Waals surface area contributed by atoms with Gasteiger partial charge in [0, 0.05) is 30.7 Å². The van der Waals surface area contributed by atoms with Crippen LogP contribution in [0.25, 0.3) is 0 Å². The number of nitrogens with zero attached hydrogens (tertiary/aromatic N) is 1. The summed E-state index contributed by atoms with van der Waals surface area (Å²) in [7, 11) is 0. The van der Waals surface area contributed by atoms with Crippen molar-refractivity contribution in [1.29, 1.82) is 0 Å². The molecule has 3 aliphatic heterocycles. The van der Waals surface area contributed by atoms with E-state index in [0.717, 1.165) is 23.6 Å². The molecule has 8 heteroatoms. The van der Waals surface area contributed by atoms with E-state index in [9.17, 15) is 19.2 Å². The van der Waals surface area contributed by atoms with Crippen molar-refractivity contribution in [3.63, 3.8) is 0 Å². The number of benzene rings is 1. The second kappa shape index (κ2) is 5.88. The highest BCUT2D eigenvalue weighted by atomic mass is 16.2. The Kier molecular flexibility index (Phi) is 3.58. The van der Waals surface area contributed by atoms with Crippen molar-refractivity contribution in [2.75, 3.05) is 11.9 Å². The minimum Gasteiger partial charge on any atom is -0.382 e. The summed E-state index contributed by atoms with van der Waals surface area (Å²) in [6.45, 7) is 1.01. The number of imide groups is 2. The maximum absolute atomic E-state index is 12.9. The number of carbonyl (C=O) groups is 4. The molecule has 1 aromatic rings.